The maximum Gasteiger partial charge on any atom is 0.270 e. The number of amides is 1. The zero-order valence-electron chi connectivity index (χ0n) is 16.3. The van der Waals surface area contributed by atoms with Gasteiger partial charge in [0.25, 0.3) is 11.6 Å². The highest BCUT2D eigenvalue weighted by molar-refractivity contribution is 7.22. The number of nitro groups is 1. The van der Waals surface area contributed by atoms with Crippen LogP contribution in [0.5, 0.6) is 0 Å². The Morgan fingerprint density at radius 3 is 2.83 bits per heavy atom. The number of aromatic nitrogens is 1. The lowest BCUT2D eigenvalue weighted by Crippen LogP contribution is -2.37. The number of rotatable bonds is 5. The zero-order chi connectivity index (χ0) is 20.5. The van der Waals surface area contributed by atoms with E-state index in [1.165, 1.54) is 35.1 Å². The van der Waals surface area contributed by atoms with Crippen molar-refractivity contribution in [3.8, 4) is 0 Å². The minimum absolute atomic E-state index is 0.0619. The van der Waals surface area contributed by atoms with Crippen molar-refractivity contribution in [2.45, 2.75) is 32.8 Å². The van der Waals surface area contributed by atoms with Gasteiger partial charge in [-0.05, 0) is 56.0 Å². The average molecular weight is 411 g/mol. The van der Waals surface area contributed by atoms with Gasteiger partial charge in [-0.1, -0.05) is 17.4 Å². The Hall–Kier alpha value is -2.84. The molecule has 1 aliphatic rings. The summed E-state index contributed by atoms with van der Waals surface area (Å²) in [6, 6.07) is 9.91. The number of fused-ring (bicyclic) bond motifs is 1. The number of hydrogen-bond donors (Lipinski definition) is 0. The van der Waals surface area contributed by atoms with Crippen LogP contribution in [-0.4, -0.2) is 35.1 Å². The molecular weight excluding hydrogens is 390 g/mol. The molecule has 2 aromatic carbocycles. The molecule has 1 amide bonds. The second kappa shape index (κ2) is 7.88. The van der Waals surface area contributed by atoms with Crippen LogP contribution in [0.15, 0.2) is 36.4 Å². The Morgan fingerprint density at radius 2 is 2.10 bits per heavy atom. The normalized spacial score (nSPS) is 16.3. The number of carbonyl (C=O) groups excluding carboxylic acids is 1. The first kappa shape index (κ1) is 19.5. The van der Waals surface area contributed by atoms with E-state index in [4.69, 9.17) is 9.72 Å². The van der Waals surface area contributed by atoms with Crippen molar-refractivity contribution in [3.63, 3.8) is 0 Å². The number of non-ortho nitro benzene ring substituents is 1. The molecule has 0 spiro atoms. The van der Waals surface area contributed by atoms with Crippen molar-refractivity contribution < 1.29 is 14.5 Å². The van der Waals surface area contributed by atoms with Crippen LogP contribution in [0.4, 0.5) is 10.8 Å². The third kappa shape index (κ3) is 3.99. The molecule has 1 saturated heterocycles. The molecule has 150 valence electrons. The number of thiazole rings is 1. The molecule has 7 nitrogen and oxygen atoms in total. The van der Waals surface area contributed by atoms with Gasteiger partial charge >= 0.3 is 0 Å². The smallest absolute Gasteiger partial charge is 0.270 e. The van der Waals surface area contributed by atoms with Gasteiger partial charge < -0.3 is 4.74 Å². The van der Waals surface area contributed by atoms with Crippen LogP contribution in [0.1, 0.15) is 34.3 Å². The summed E-state index contributed by atoms with van der Waals surface area (Å²) in [5, 5.41) is 11.7. The molecule has 0 radical (unpaired) electrons. The van der Waals surface area contributed by atoms with Crippen LogP contribution in [0, 0.1) is 24.0 Å². The second-order valence-electron chi connectivity index (χ2n) is 7.26. The third-order valence-corrected chi connectivity index (χ3v) is 6.22. The number of nitrogens with zero attached hydrogens (tertiary/aromatic N) is 3. The number of aryl methyl sites for hydroxylation is 2. The second-order valence-corrected chi connectivity index (χ2v) is 8.27. The summed E-state index contributed by atoms with van der Waals surface area (Å²) in [5.74, 6) is -0.309. The van der Waals surface area contributed by atoms with Crippen LogP contribution < -0.4 is 4.90 Å². The van der Waals surface area contributed by atoms with Gasteiger partial charge in [-0.25, -0.2) is 4.98 Å². The van der Waals surface area contributed by atoms with Gasteiger partial charge in [0.1, 0.15) is 0 Å². The van der Waals surface area contributed by atoms with Gasteiger partial charge in [0.15, 0.2) is 5.13 Å². The lowest BCUT2D eigenvalue weighted by atomic mass is 10.1. The monoisotopic (exact) mass is 411 g/mol. The van der Waals surface area contributed by atoms with Crippen LogP contribution in [0.2, 0.25) is 0 Å². The molecule has 1 aliphatic heterocycles. The van der Waals surface area contributed by atoms with E-state index < -0.39 is 4.92 Å². The molecule has 0 N–H and O–H groups in total. The number of nitro benzene ring substituents is 1. The highest BCUT2D eigenvalue weighted by Gasteiger charge is 2.28. The van der Waals surface area contributed by atoms with E-state index >= 15 is 0 Å². The Balaban J connectivity index is 1.74. The summed E-state index contributed by atoms with van der Waals surface area (Å²) in [6.45, 7) is 5.14. The van der Waals surface area contributed by atoms with Gasteiger partial charge in [-0.3, -0.25) is 19.8 Å². The highest BCUT2D eigenvalue weighted by Crippen LogP contribution is 2.32. The molecule has 1 unspecified atom stereocenters. The number of benzene rings is 2. The third-order valence-electron chi connectivity index (χ3n) is 5.18. The number of ether oxygens (including phenoxy) is 1. The number of anilines is 1. The molecule has 1 aromatic heterocycles. The summed E-state index contributed by atoms with van der Waals surface area (Å²) >= 11 is 1.45. The molecule has 0 saturated carbocycles. The zero-order valence-corrected chi connectivity index (χ0v) is 17.1. The summed E-state index contributed by atoms with van der Waals surface area (Å²) in [4.78, 5) is 30.3. The van der Waals surface area contributed by atoms with Crippen molar-refractivity contribution in [3.05, 3.63) is 63.2 Å². The molecule has 8 heteroatoms. The van der Waals surface area contributed by atoms with Crippen LogP contribution in [0.3, 0.4) is 0 Å². The summed E-state index contributed by atoms with van der Waals surface area (Å²) in [6.07, 6.45) is 1.77. The van der Waals surface area contributed by atoms with Crippen LogP contribution in [-0.2, 0) is 4.74 Å². The van der Waals surface area contributed by atoms with E-state index in [-0.39, 0.29) is 23.3 Å². The Labute approximate surface area is 172 Å². The fourth-order valence-corrected chi connectivity index (χ4v) is 4.48. The van der Waals surface area contributed by atoms with Crippen molar-refractivity contribution >= 4 is 38.3 Å². The summed E-state index contributed by atoms with van der Waals surface area (Å²) in [5.41, 5.74) is 3.32. The molecule has 0 bridgehead atoms. The van der Waals surface area contributed by atoms with Gasteiger partial charge in [0.05, 0.1) is 27.8 Å². The minimum atomic E-state index is -0.496. The van der Waals surface area contributed by atoms with Crippen molar-refractivity contribution in [2.75, 3.05) is 18.1 Å². The first-order valence-electron chi connectivity index (χ1n) is 9.48. The van der Waals surface area contributed by atoms with E-state index in [0.29, 0.717) is 18.3 Å². The summed E-state index contributed by atoms with van der Waals surface area (Å²) in [7, 11) is 0. The van der Waals surface area contributed by atoms with Crippen LogP contribution >= 0.6 is 11.3 Å². The van der Waals surface area contributed by atoms with E-state index in [0.717, 1.165) is 28.6 Å². The SMILES string of the molecule is Cc1cc2nc(N(CC3CCCO3)C(=O)c3cccc([N+](=O)[O-])c3)sc2cc1C. The fraction of sp³-hybridized carbons (Fsp3) is 0.333. The lowest BCUT2D eigenvalue weighted by Gasteiger charge is -2.23. The molecule has 4 rings (SSSR count). The topological polar surface area (TPSA) is 85.6 Å². The molecule has 29 heavy (non-hydrogen) atoms. The van der Waals surface area contributed by atoms with Gasteiger partial charge in [-0.15, -0.1) is 0 Å². The molecule has 1 atom stereocenters. The summed E-state index contributed by atoms with van der Waals surface area (Å²) < 4.78 is 6.75. The first-order valence-corrected chi connectivity index (χ1v) is 10.3. The minimum Gasteiger partial charge on any atom is -0.376 e. The quantitative estimate of drug-likeness (QED) is 0.451. The van der Waals surface area contributed by atoms with Crippen molar-refractivity contribution in [2.24, 2.45) is 0 Å². The van der Waals surface area contributed by atoms with Crippen LogP contribution in [0.25, 0.3) is 10.2 Å². The van der Waals surface area contributed by atoms with Crippen molar-refractivity contribution in [1.29, 1.82) is 0 Å². The van der Waals surface area contributed by atoms with E-state index in [9.17, 15) is 14.9 Å². The van der Waals surface area contributed by atoms with Gasteiger partial charge in [0.2, 0.25) is 0 Å². The number of hydrogen-bond acceptors (Lipinski definition) is 6. The average Bonchev–Trinajstić information content (AvgIpc) is 3.35. The molecule has 0 aliphatic carbocycles. The van der Waals surface area contributed by atoms with E-state index in [2.05, 4.69) is 6.07 Å². The first-order chi connectivity index (χ1) is 13.9. The molecule has 3 aromatic rings. The lowest BCUT2D eigenvalue weighted by molar-refractivity contribution is -0.384. The molecule has 2 heterocycles. The van der Waals surface area contributed by atoms with E-state index in [1.54, 1.807) is 11.0 Å². The Bertz CT molecular complexity index is 1050. The largest absolute Gasteiger partial charge is 0.376 e. The Morgan fingerprint density at radius 1 is 1.31 bits per heavy atom. The maximum absolute atomic E-state index is 13.3. The number of carbonyl (C=O) groups is 1. The highest BCUT2D eigenvalue weighted by atomic mass is 32.1. The van der Waals surface area contributed by atoms with E-state index in [1.807, 2.05) is 19.9 Å². The predicted molar refractivity (Wildman–Crippen MR) is 113 cm³/mol. The molecule has 1 fully saturated rings. The Kier molecular flexibility index (Phi) is 5.29. The maximum atomic E-state index is 13.3. The van der Waals surface area contributed by atoms with Gasteiger partial charge in [-0.2, -0.15) is 0 Å². The molecular formula is C21H21N3O4S. The van der Waals surface area contributed by atoms with Crippen molar-refractivity contribution in [1.82, 2.24) is 4.98 Å². The fourth-order valence-electron chi connectivity index (χ4n) is 3.43. The predicted octanol–water partition coefficient (Wildman–Crippen LogP) is 4.65. The standard InChI is InChI=1S/C21H21N3O4S/c1-13-9-18-19(10-14(13)2)29-21(22-18)23(12-17-7-4-8-28-17)20(25)15-5-3-6-16(11-15)24(26)27/h3,5-6,9-11,17H,4,7-8,12H2,1-2H3. The van der Waals surface area contributed by atoms with Gasteiger partial charge in [0, 0.05) is 24.3 Å².